The second kappa shape index (κ2) is 8.03. The van der Waals surface area contributed by atoms with Gasteiger partial charge < -0.3 is 14.9 Å². The van der Waals surface area contributed by atoms with Crippen LogP contribution in [0.25, 0.3) is 0 Å². The SMILES string of the molecule is C/C=C(\C)C(=O)O[C@H](CC=C(C)C)c1cc(O)c2c(c1O)C(=O)C=CC2=O. The summed E-state index contributed by atoms with van der Waals surface area (Å²) in [4.78, 5) is 36.4. The molecule has 0 amide bonds. The molecule has 6 nitrogen and oxygen atoms in total. The van der Waals surface area contributed by atoms with Crippen LogP contribution in [0.4, 0.5) is 0 Å². The number of hydrogen-bond acceptors (Lipinski definition) is 6. The molecule has 0 heterocycles. The third-order valence-corrected chi connectivity index (χ3v) is 4.28. The second-order valence-electron chi connectivity index (χ2n) is 6.53. The third-order valence-electron chi connectivity index (χ3n) is 4.28. The highest BCUT2D eigenvalue weighted by atomic mass is 16.5. The maximum atomic E-state index is 12.2. The molecule has 2 rings (SSSR count). The van der Waals surface area contributed by atoms with Crippen LogP contribution in [0, 0.1) is 0 Å². The average molecular weight is 370 g/mol. The second-order valence-corrected chi connectivity index (χ2v) is 6.53. The number of hydrogen-bond donors (Lipinski definition) is 2. The minimum atomic E-state index is -0.938. The van der Waals surface area contributed by atoms with Crippen molar-refractivity contribution < 1.29 is 29.3 Å². The maximum Gasteiger partial charge on any atom is 0.334 e. The molecule has 0 fully saturated rings. The number of phenolic OH excluding ortho intramolecular Hbond substituents is 2. The van der Waals surface area contributed by atoms with E-state index in [9.17, 15) is 24.6 Å². The van der Waals surface area contributed by atoms with E-state index in [1.54, 1.807) is 19.9 Å². The van der Waals surface area contributed by atoms with Gasteiger partial charge in [0.2, 0.25) is 0 Å². The van der Waals surface area contributed by atoms with Gasteiger partial charge in [-0.15, -0.1) is 0 Å². The number of esters is 1. The fraction of sp³-hybridized carbons (Fsp3) is 0.286. The average Bonchev–Trinajstić information content (AvgIpc) is 2.62. The van der Waals surface area contributed by atoms with Gasteiger partial charge in [0.25, 0.3) is 0 Å². The van der Waals surface area contributed by atoms with Crippen molar-refractivity contribution in [2.45, 2.75) is 40.2 Å². The lowest BCUT2D eigenvalue weighted by Crippen LogP contribution is -2.16. The van der Waals surface area contributed by atoms with Crippen molar-refractivity contribution in [2.75, 3.05) is 0 Å². The van der Waals surface area contributed by atoms with Gasteiger partial charge in [0.05, 0.1) is 11.1 Å². The molecule has 0 saturated heterocycles. The molecule has 1 aliphatic carbocycles. The molecule has 1 atom stereocenters. The number of phenols is 2. The number of ketones is 2. The fourth-order valence-corrected chi connectivity index (χ4v) is 2.65. The number of fused-ring (bicyclic) bond motifs is 1. The van der Waals surface area contributed by atoms with Crippen LogP contribution >= 0.6 is 0 Å². The topological polar surface area (TPSA) is 101 Å². The van der Waals surface area contributed by atoms with E-state index in [0.29, 0.717) is 5.57 Å². The highest BCUT2D eigenvalue weighted by molar-refractivity contribution is 6.24. The summed E-state index contributed by atoms with van der Waals surface area (Å²) in [6, 6.07) is 1.17. The van der Waals surface area contributed by atoms with Crippen LogP contribution in [-0.2, 0) is 9.53 Å². The molecular formula is C21H22O6. The van der Waals surface area contributed by atoms with Crippen molar-refractivity contribution in [2.24, 2.45) is 0 Å². The number of carbonyl (C=O) groups excluding carboxylic acids is 3. The molecule has 1 aromatic carbocycles. The first-order valence-electron chi connectivity index (χ1n) is 8.50. The monoisotopic (exact) mass is 370 g/mol. The summed E-state index contributed by atoms with van der Waals surface area (Å²) in [5.74, 6) is -2.67. The van der Waals surface area contributed by atoms with Crippen LogP contribution in [0.5, 0.6) is 11.5 Å². The van der Waals surface area contributed by atoms with Gasteiger partial charge in [-0.1, -0.05) is 17.7 Å². The van der Waals surface area contributed by atoms with Gasteiger partial charge >= 0.3 is 5.97 Å². The van der Waals surface area contributed by atoms with Crippen LogP contribution in [0.3, 0.4) is 0 Å². The Balaban J connectivity index is 2.59. The lowest BCUT2D eigenvalue weighted by atomic mass is 9.89. The van der Waals surface area contributed by atoms with Crippen LogP contribution in [0.15, 0.2) is 41.5 Å². The summed E-state index contributed by atoms with van der Waals surface area (Å²) in [5.41, 5.74) is 0.888. The standard InChI is InChI=1S/C21H22O6/c1-5-12(4)21(26)27-17(9-6-11(2)3)13-10-16(24)18-14(22)7-8-15(23)19(18)20(13)25/h5-8,10,17,24-25H,9H2,1-4H3/b12-5+/t17-/m1/s1. The van der Waals surface area contributed by atoms with E-state index >= 15 is 0 Å². The van der Waals surface area contributed by atoms with Crippen LogP contribution < -0.4 is 0 Å². The molecule has 6 heteroatoms. The summed E-state index contributed by atoms with van der Waals surface area (Å²) in [7, 11) is 0. The maximum absolute atomic E-state index is 12.2. The highest BCUT2D eigenvalue weighted by Crippen LogP contribution is 2.41. The molecular weight excluding hydrogens is 348 g/mol. The van der Waals surface area contributed by atoms with Gasteiger partial charge in [-0.2, -0.15) is 0 Å². The quantitative estimate of drug-likeness (QED) is 0.352. The Kier molecular flexibility index (Phi) is 6.00. The smallest absolute Gasteiger partial charge is 0.334 e. The fourth-order valence-electron chi connectivity index (χ4n) is 2.65. The number of rotatable bonds is 5. The molecule has 0 bridgehead atoms. The number of carbonyl (C=O) groups is 3. The van der Waals surface area contributed by atoms with E-state index in [-0.39, 0.29) is 23.1 Å². The first-order valence-corrected chi connectivity index (χ1v) is 8.50. The molecule has 0 aliphatic heterocycles. The van der Waals surface area contributed by atoms with Gasteiger partial charge in [0, 0.05) is 17.6 Å². The molecule has 27 heavy (non-hydrogen) atoms. The molecule has 142 valence electrons. The Morgan fingerprint density at radius 1 is 1.11 bits per heavy atom. The molecule has 1 aromatic rings. The Hall–Kier alpha value is -3.15. The van der Waals surface area contributed by atoms with Crippen molar-refractivity contribution in [1.82, 2.24) is 0 Å². The van der Waals surface area contributed by atoms with Gasteiger partial charge in [-0.3, -0.25) is 9.59 Å². The highest BCUT2D eigenvalue weighted by Gasteiger charge is 2.31. The zero-order valence-corrected chi connectivity index (χ0v) is 15.7. The van der Waals surface area contributed by atoms with E-state index in [1.807, 2.05) is 19.9 Å². The number of benzene rings is 1. The van der Waals surface area contributed by atoms with E-state index in [0.717, 1.165) is 17.7 Å². The summed E-state index contributed by atoms with van der Waals surface area (Å²) < 4.78 is 5.49. The number of ether oxygens (including phenoxy) is 1. The summed E-state index contributed by atoms with van der Waals surface area (Å²) >= 11 is 0. The minimum absolute atomic E-state index is 0.0671. The third kappa shape index (κ3) is 4.16. The number of aromatic hydroxyl groups is 2. The van der Waals surface area contributed by atoms with Crippen LogP contribution in [0.1, 0.15) is 66.5 Å². The van der Waals surface area contributed by atoms with E-state index in [4.69, 9.17) is 4.74 Å². The van der Waals surface area contributed by atoms with Crippen LogP contribution in [0.2, 0.25) is 0 Å². The Morgan fingerprint density at radius 2 is 1.70 bits per heavy atom. The Bertz CT molecular complexity index is 898. The van der Waals surface area contributed by atoms with E-state index < -0.39 is 35.1 Å². The van der Waals surface area contributed by atoms with Crippen molar-refractivity contribution in [3.05, 3.63) is 58.2 Å². The Labute approximate surface area is 157 Å². The van der Waals surface area contributed by atoms with Crippen LogP contribution in [-0.4, -0.2) is 27.7 Å². The van der Waals surface area contributed by atoms with Crippen molar-refractivity contribution in [1.29, 1.82) is 0 Å². The zero-order valence-electron chi connectivity index (χ0n) is 15.7. The largest absolute Gasteiger partial charge is 0.507 e. The minimum Gasteiger partial charge on any atom is -0.507 e. The zero-order chi connectivity index (χ0) is 20.3. The summed E-state index contributed by atoms with van der Waals surface area (Å²) in [5, 5.41) is 20.9. The van der Waals surface area contributed by atoms with Gasteiger partial charge in [-0.05, 0) is 45.9 Å². The molecule has 0 spiro atoms. The molecule has 2 N–H and O–H groups in total. The predicted molar refractivity (Wildman–Crippen MR) is 99.9 cm³/mol. The van der Waals surface area contributed by atoms with Crippen molar-refractivity contribution in [3.63, 3.8) is 0 Å². The van der Waals surface area contributed by atoms with Gasteiger partial charge in [-0.25, -0.2) is 4.79 Å². The molecule has 0 saturated carbocycles. The molecule has 0 radical (unpaired) electrons. The van der Waals surface area contributed by atoms with Crippen molar-refractivity contribution >= 4 is 17.5 Å². The predicted octanol–water partition coefficient (Wildman–Crippen LogP) is 3.94. The molecule has 0 unspecified atom stereocenters. The van der Waals surface area contributed by atoms with Gasteiger partial charge in [0.15, 0.2) is 11.6 Å². The summed E-state index contributed by atoms with van der Waals surface area (Å²) in [6.45, 7) is 7.03. The first kappa shape index (κ1) is 20.2. The van der Waals surface area contributed by atoms with E-state index in [2.05, 4.69) is 0 Å². The lowest BCUT2D eigenvalue weighted by Gasteiger charge is -2.22. The molecule has 1 aliphatic rings. The lowest BCUT2D eigenvalue weighted by molar-refractivity contribution is -0.144. The first-order chi connectivity index (χ1) is 12.7. The van der Waals surface area contributed by atoms with Gasteiger partial charge in [0.1, 0.15) is 17.6 Å². The number of allylic oxidation sites excluding steroid dienone is 4. The normalized spacial score (nSPS) is 14.6. The van der Waals surface area contributed by atoms with E-state index in [1.165, 1.54) is 6.07 Å². The molecule has 0 aromatic heterocycles. The van der Waals surface area contributed by atoms with Crippen molar-refractivity contribution in [3.8, 4) is 11.5 Å². The summed E-state index contributed by atoms with van der Waals surface area (Å²) in [6.07, 6.45) is 4.78. The Morgan fingerprint density at radius 3 is 2.26 bits per heavy atom.